The van der Waals surface area contributed by atoms with E-state index in [1.165, 1.54) is 7.11 Å². The maximum Gasteiger partial charge on any atom is 0.342 e. The van der Waals surface area contributed by atoms with Crippen molar-refractivity contribution in [2.45, 2.75) is 6.61 Å². The summed E-state index contributed by atoms with van der Waals surface area (Å²) < 4.78 is 21.0. The van der Waals surface area contributed by atoms with Crippen LogP contribution in [0.2, 0.25) is 0 Å². The number of carbonyl (C=O) groups is 1. The van der Waals surface area contributed by atoms with E-state index in [1.54, 1.807) is 36.4 Å². The lowest BCUT2D eigenvalue weighted by atomic mass is 10.2. The quantitative estimate of drug-likeness (QED) is 0.809. The molecule has 1 heterocycles. The number of hydrogen-bond donors (Lipinski definition) is 0. The van der Waals surface area contributed by atoms with Gasteiger partial charge in [-0.25, -0.2) is 4.79 Å². The zero-order chi connectivity index (χ0) is 14.7. The van der Waals surface area contributed by atoms with Gasteiger partial charge >= 0.3 is 5.97 Å². The van der Waals surface area contributed by atoms with Crippen molar-refractivity contribution in [2.24, 2.45) is 0 Å². The van der Waals surface area contributed by atoms with Crippen LogP contribution in [-0.4, -0.2) is 19.9 Å². The van der Waals surface area contributed by atoms with Gasteiger partial charge in [-0.3, -0.25) is 0 Å². The fourth-order valence-corrected chi connectivity index (χ4v) is 2.07. The van der Waals surface area contributed by atoms with Crippen LogP contribution in [0.1, 0.15) is 15.9 Å². The van der Waals surface area contributed by atoms with Crippen LogP contribution in [-0.2, 0) is 11.3 Å². The van der Waals surface area contributed by atoms with Gasteiger partial charge in [0.1, 0.15) is 17.9 Å². The van der Waals surface area contributed by atoms with E-state index in [9.17, 15) is 4.79 Å². The minimum atomic E-state index is -0.426. The zero-order valence-corrected chi connectivity index (χ0v) is 11.5. The Bertz CT molecular complexity index is 665. The van der Waals surface area contributed by atoms with Crippen LogP contribution >= 0.6 is 0 Å². The Morgan fingerprint density at radius 1 is 1.14 bits per heavy atom. The molecule has 108 valence electrons. The van der Waals surface area contributed by atoms with Crippen molar-refractivity contribution in [3.8, 4) is 17.2 Å². The first-order valence-corrected chi connectivity index (χ1v) is 6.46. The number of carbonyl (C=O) groups excluding carboxylic acids is 1. The summed E-state index contributed by atoms with van der Waals surface area (Å²) in [6.45, 7) is 0.382. The van der Waals surface area contributed by atoms with Gasteiger partial charge in [0.2, 0.25) is 6.79 Å². The van der Waals surface area contributed by atoms with Crippen LogP contribution in [0.4, 0.5) is 0 Å². The fourth-order valence-electron chi connectivity index (χ4n) is 2.07. The van der Waals surface area contributed by atoms with Gasteiger partial charge in [-0.1, -0.05) is 18.2 Å². The molecule has 1 aliphatic heterocycles. The van der Waals surface area contributed by atoms with Crippen LogP contribution in [0.25, 0.3) is 0 Å². The molecule has 0 bridgehead atoms. The molecule has 21 heavy (non-hydrogen) atoms. The summed E-state index contributed by atoms with van der Waals surface area (Å²) in [5.41, 5.74) is 1.24. The first kappa shape index (κ1) is 13.3. The third-order valence-corrected chi connectivity index (χ3v) is 3.13. The molecule has 0 spiro atoms. The molecule has 2 aromatic carbocycles. The Morgan fingerprint density at radius 3 is 2.81 bits per heavy atom. The minimum Gasteiger partial charge on any atom is -0.496 e. The highest BCUT2D eigenvalue weighted by molar-refractivity contribution is 5.92. The Hall–Kier alpha value is -2.69. The number of para-hydroxylation sites is 1. The molecule has 3 rings (SSSR count). The lowest BCUT2D eigenvalue weighted by molar-refractivity contribution is 0.0469. The highest BCUT2D eigenvalue weighted by Gasteiger charge is 2.15. The molecule has 0 aromatic heterocycles. The third-order valence-electron chi connectivity index (χ3n) is 3.13. The molecule has 2 aromatic rings. The molecule has 5 nitrogen and oxygen atoms in total. The van der Waals surface area contributed by atoms with Gasteiger partial charge in [0.25, 0.3) is 0 Å². The van der Waals surface area contributed by atoms with Crippen molar-refractivity contribution in [3.63, 3.8) is 0 Å². The van der Waals surface area contributed by atoms with Crippen LogP contribution in [0, 0.1) is 0 Å². The molecular weight excluding hydrogens is 272 g/mol. The molecule has 0 aliphatic carbocycles. The topological polar surface area (TPSA) is 54.0 Å². The largest absolute Gasteiger partial charge is 0.496 e. The van der Waals surface area contributed by atoms with E-state index in [-0.39, 0.29) is 13.4 Å². The second-order valence-electron chi connectivity index (χ2n) is 4.46. The standard InChI is InChI=1S/C16H14O5/c1-18-13-5-3-2-4-12(13)16(17)19-9-11-6-7-14-15(8-11)21-10-20-14/h2-8H,9-10H2,1H3. The molecular formula is C16H14O5. The number of ether oxygens (including phenoxy) is 4. The zero-order valence-electron chi connectivity index (χ0n) is 11.5. The van der Waals surface area contributed by atoms with Crippen LogP contribution in [0.15, 0.2) is 42.5 Å². The van der Waals surface area contributed by atoms with Crippen LogP contribution in [0.3, 0.4) is 0 Å². The van der Waals surface area contributed by atoms with E-state index < -0.39 is 5.97 Å². The number of fused-ring (bicyclic) bond motifs is 1. The molecule has 0 radical (unpaired) electrons. The Kier molecular flexibility index (Phi) is 3.64. The molecule has 0 atom stereocenters. The summed E-state index contributed by atoms with van der Waals surface area (Å²) in [7, 11) is 1.52. The number of esters is 1. The first-order chi connectivity index (χ1) is 10.3. The molecule has 5 heteroatoms. The number of methoxy groups -OCH3 is 1. The summed E-state index contributed by atoms with van der Waals surface area (Å²) >= 11 is 0. The Labute approximate surface area is 122 Å². The first-order valence-electron chi connectivity index (χ1n) is 6.46. The maximum atomic E-state index is 12.1. The highest BCUT2D eigenvalue weighted by atomic mass is 16.7. The third kappa shape index (κ3) is 2.76. The van der Waals surface area contributed by atoms with E-state index in [1.807, 2.05) is 6.07 Å². The van der Waals surface area contributed by atoms with Crippen molar-refractivity contribution in [1.82, 2.24) is 0 Å². The Balaban J connectivity index is 1.68. The van der Waals surface area contributed by atoms with Gasteiger partial charge in [0.05, 0.1) is 7.11 Å². The van der Waals surface area contributed by atoms with Crippen molar-refractivity contribution >= 4 is 5.97 Å². The second kappa shape index (κ2) is 5.75. The van der Waals surface area contributed by atoms with E-state index in [0.29, 0.717) is 22.8 Å². The summed E-state index contributed by atoms with van der Waals surface area (Å²) in [5, 5.41) is 0. The van der Waals surface area contributed by atoms with Crippen molar-refractivity contribution in [2.75, 3.05) is 13.9 Å². The summed E-state index contributed by atoms with van der Waals surface area (Å²) in [6, 6.07) is 12.4. The summed E-state index contributed by atoms with van der Waals surface area (Å²) in [4.78, 5) is 12.1. The predicted octanol–water partition coefficient (Wildman–Crippen LogP) is 2.78. The highest BCUT2D eigenvalue weighted by Crippen LogP contribution is 2.32. The van der Waals surface area contributed by atoms with Crippen molar-refractivity contribution < 1.29 is 23.7 Å². The van der Waals surface area contributed by atoms with Gasteiger partial charge in [-0.15, -0.1) is 0 Å². The molecule has 0 saturated heterocycles. The SMILES string of the molecule is COc1ccccc1C(=O)OCc1ccc2c(c1)OCO2. The molecule has 0 saturated carbocycles. The minimum absolute atomic E-state index is 0.160. The normalized spacial score (nSPS) is 12.0. The number of hydrogen-bond acceptors (Lipinski definition) is 5. The van der Waals surface area contributed by atoms with E-state index in [4.69, 9.17) is 18.9 Å². The van der Waals surface area contributed by atoms with E-state index in [2.05, 4.69) is 0 Å². The summed E-state index contributed by atoms with van der Waals surface area (Å²) in [6.07, 6.45) is 0. The van der Waals surface area contributed by atoms with Gasteiger partial charge in [0, 0.05) is 0 Å². The van der Waals surface area contributed by atoms with E-state index >= 15 is 0 Å². The number of benzene rings is 2. The van der Waals surface area contributed by atoms with Crippen LogP contribution in [0.5, 0.6) is 17.2 Å². The van der Waals surface area contributed by atoms with Crippen molar-refractivity contribution in [3.05, 3.63) is 53.6 Å². The Morgan fingerprint density at radius 2 is 1.95 bits per heavy atom. The average Bonchev–Trinajstić information content (AvgIpc) is 3.00. The lowest BCUT2D eigenvalue weighted by Crippen LogP contribution is -2.07. The maximum absolute atomic E-state index is 12.1. The van der Waals surface area contributed by atoms with E-state index in [0.717, 1.165) is 5.56 Å². The molecule has 0 amide bonds. The van der Waals surface area contributed by atoms with Gasteiger partial charge in [-0.05, 0) is 29.8 Å². The molecule has 0 N–H and O–H groups in total. The van der Waals surface area contributed by atoms with Gasteiger partial charge < -0.3 is 18.9 Å². The lowest BCUT2D eigenvalue weighted by Gasteiger charge is -2.09. The smallest absolute Gasteiger partial charge is 0.342 e. The van der Waals surface area contributed by atoms with Crippen molar-refractivity contribution in [1.29, 1.82) is 0 Å². The second-order valence-corrected chi connectivity index (χ2v) is 4.46. The molecule has 0 unspecified atom stereocenters. The average molecular weight is 286 g/mol. The predicted molar refractivity (Wildman–Crippen MR) is 74.7 cm³/mol. The van der Waals surface area contributed by atoms with Crippen LogP contribution < -0.4 is 14.2 Å². The summed E-state index contributed by atoms with van der Waals surface area (Å²) in [5.74, 6) is 1.44. The van der Waals surface area contributed by atoms with Gasteiger partial charge in [0.15, 0.2) is 11.5 Å². The molecule has 0 fully saturated rings. The number of rotatable bonds is 4. The fraction of sp³-hybridized carbons (Fsp3) is 0.188. The van der Waals surface area contributed by atoms with Gasteiger partial charge in [-0.2, -0.15) is 0 Å². The monoisotopic (exact) mass is 286 g/mol. The molecule has 1 aliphatic rings.